The Morgan fingerprint density at radius 2 is 1.93 bits per heavy atom. The number of nitrogens with zero attached hydrogens (tertiary/aromatic N) is 3. The van der Waals surface area contributed by atoms with Crippen molar-refractivity contribution < 1.29 is 9.59 Å². The van der Waals surface area contributed by atoms with Crippen LogP contribution in [0.5, 0.6) is 0 Å². The molecule has 6 nitrogen and oxygen atoms in total. The lowest BCUT2D eigenvalue weighted by Crippen LogP contribution is -2.29. The second-order valence-electron chi connectivity index (χ2n) is 7.07. The zero-order valence-corrected chi connectivity index (χ0v) is 16.8. The van der Waals surface area contributed by atoms with Gasteiger partial charge < -0.3 is 10.2 Å². The van der Waals surface area contributed by atoms with Crippen molar-refractivity contribution in [2.45, 2.75) is 33.6 Å². The first-order valence-electron chi connectivity index (χ1n) is 9.53. The lowest BCUT2D eigenvalue weighted by Gasteiger charge is -2.15. The van der Waals surface area contributed by atoms with Gasteiger partial charge in [-0.2, -0.15) is 0 Å². The average Bonchev–Trinajstić information content (AvgIpc) is 3.08. The van der Waals surface area contributed by atoms with Crippen molar-refractivity contribution in [1.29, 1.82) is 0 Å². The van der Waals surface area contributed by atoms with Crippen LogP contribution in [0.1, 0.15) is 52.0 Å². The van der Waals surface area contributed by atoms with Crippen LogP contribution in [0, 0.1) is 13.8 Å². The maximum absolute atomic E-state index is 12.9. The number of nitrogens with one attached hydrogen (secondary N) is 1. The third kappa shape index (κ3) is 3.91. The molecule has 0 unspecified atom stereocenters. The molecule has 1 aromatic carbocycles. The molecule has 3 aromatic rings. The zero-order chi connectivity index (χ0) is 20.3. The second-order valence-corrected chi connectivity index (χ2v) is 7.07. The van der Waals surface area contributed by atoms with Crippen LogP contribution in [0.4, 0.5) is 5.69 Å². The highest BCUT2D eigenvalue weighted by molar-refractivity contribution is 6.09. The van der Waals surface area contributed by atoms with E-state index in [1.54, 1.807) is 28.6 Å². The largest absolute Gasteiger partial charge is 0.339 e. The number of unbranched alkanes of at least 4 members (excludes halogenated alkanes) is 1. The molecule has 0 radical (unpaired) electrons. The molecular weight excluding hydrogens is 352 g/mol. The van der Waals surface area contributed by atoms with Crippen LogP contribution >= 0.6 is 0 Å². The summed E-state index contributed by atoms with van der Waals surface area (Å²) in [6.07, 6.45) is 3.69. The molecule has 28 heavy (non-hydrogen) atoms. The predicted octanol–water partition coefficient (Wildman–Crippen LogP) is 4.08. The van der Waals surface area contributed by atoms with Crippen molar-refractivity contribution in [2.75, 3.05) is 18.9 Å². The van der Waals surface area contributed by atoms with Gasteiger partial charge in [-0.15, -0.1) is 0 Å². The van der Waals surface area contributed by atoms with Crippen LogP contribution in [0.15, 0.2) is 42.6 Å². The minimum Gasteiger partial charge on any atom is -0.339 e. The molecule has 1 N–H and O–H groups in total. The van der Waals surface area contributed by atoms with Gasteiger partial charge >= 0.3 is 0 Å². The highest BCUT2D eigenvalue weighted by atomic mass is 16.2. The topological polar surface area (TPSA) is 66.7 Å². The Morgan fingerprint density at radius 1 is 1.14 bits per heavy atom. The van der Waals surface area contributed by atoms with Gasteiger partial charge in [0.25, 0.3) is 11.8 Å². The number of imidazole rings is 1. The number of benzene rings is 1. The third-order valence-electron chi connectivity index (χ3n) is 4.91. The van der Waals surface area contributed by atoms with E-state index < -0.39 is 0 Å². The molecule has 3 rings (SSSR count). The molecule has 0 fully saturated rings. The molecule has 0 bridgehead atoms. The van der Waals surface area contributed by atoms with E-state index in [0.29, 0.717) is 17.7 Å². The second kappa shape index (κ2) is 8.25. The third-order valence-corrected chi connectivity index (χ3v) is 4.91. The standard InChI is InChI=1S/C22H26N4O2/c1-5-6-12-25(4)22(28)20-24-19(18-9-7-8-13-26(18)20)21(27)23-17-11-10-15(2)16(3)14-17/h7-11,13-14H,5-6,12H2,1-4H3,(H,23,27). The van der Waals surface area contributed by atoms with Crippen LogP contribution in [-0.2, 0) is 0 Å². The van der Waals surface area contributed by atoms with E-state index in [0.717, 1.165) is 24.0 Å². The molecule has 0 saturated heterocycles. The molecule has 0 aliphatic heterocycles. The van der Waals surface area contributed by atoms with E-state index >= 15 is 0 Å². The number of aromatic nitrogens is 2. The van der Waals surface area contributed by atoms with Gasteiger partial charge in [0, 0.05) is 25.5 Å². The number of hydrogen-bond acceptors (Lipinski definition) is 3. The maximum atomic E-state index is 12.9. The summed E-state index contributed by atoms with van der Waals surface area (Å²) >= 11 is 0. The monoisotopic (exact) mass is 378 g/mol. The summed E-state index contributed by atoms with van der Waals surface area (Å²) in [4.78, 5) is 31.8. The molecule has 0 aliphatic rings. The van der Waals surface area contributed by atoms with E-state index in [1.165, 1.54) is 0 Å². The van der Waals surface area contributed by atoms with Gasteiger partial charge in [-0.1, -0.05) is 25.5 Å². The highest BCUT2D eigenvalue weighted by Gasteiger charge is 2.23. The van der Waals surface area contributed by atoms with Crippen LogP contribution in [-0.4, -0.2) is 39.7 Å². The van der Waals surface area contributed by atoms with Gasteiger partial charge in [0.2, 0.25) is 5.82 Å². The first-order chi connectivity index (χ1) is 13.4. The van der Waals surface area contributed by atoms with Crippen molar-refractivity contribution in [3.63, 3.8) is 0 Å². The molecule has 146 valence electrons. The normalized spacial score (nSPS) is 10.9. The number of carbonyl (C=O) groups is 2. The summed E-state index contributed by atoms with van der Waals surface area (Å²) in [7, 11) is 1.76. The quantitative estimate of drug-likeness (QED) is 0.703. The first kappa shape index (κ1) is 19.6. The first-order valence-corrected chi connectivity index (χ1v) is 9.53. The molecule has 6 heteroatoms. The van der Waals surface area contributed by atoms with E-state index in [-0.39, 0.29) is 23.3 Å². The number of carbonyl (C=O) groups excluding carboxylic acids is 2. The number of rotatable bonds is 6. The highest BCUT2D eigenvalue weighted by Crippen LogP contribution is 2.19. The van der Waals surface area contributed by atoms with Gasteiger partial charge in [0.15, 0.2) is 5.69 Å². The van der Waals surface area contributed by atoms with E-state index in [2.05, 4.69) is 17.2 Å². The Morgan fingerprint density at radius 3 is 2.64 bits per heavy atom. The molecule has 0 atom stereocenters. The molecular formula is C22H26N4O2. The number of hydrogen-bond donors (Lipinski definition) is 1. The van der Waals surface area contributed by atoms with Crippen molar-refractivity contribution in [3.8, 4) is 0 Å². The van der Waals surface area contributed by atoms with Crippen molar-refractivity contribution >= 4 is 23.0 Å². The molecule has 2 aromatic heterocycles. The molecule has 0 spiro atoms. The van der Waals surface area contributed by atoms with Crippen LogP contribution in [0.3, 0.4) is 0 Å². The van der Waals surface area contributed by atoms with Crippen molar-refractivity contribution in [1.82, 2.24) is 14.3 Å². The lowest BCUT2D eigenvalue weighted by atomic mass is 10.1. The fraction of sp³-hybridized carbons (Fsp3) is 0.318. The summed E-state index contributed by atoms with van der Waals surface area (Å²) in [6, 6.07) is 11.2. The number of anilines is 1. The Balaban J connectivity index is 1.94. The fourth-order valence-electron chi connectivity index (χ4n) is 3.03. The van der Waals surface area contributed by atoms with Crippen LogP contribution in [0.2, 0.25) is 0 Å². The smallest absolute Gasteiger partial charge is 0.289 e. The lowest BCUT2D eigenvalue weighted by molar-refractivity contribution is 0.0780. The van der Waals surface area contributed by atoms with Gasteiger partial charge in [0.1, 0.15) is 0 Å². The zero-order valence-electron chi connectivity index (χ0n) is 16.8. The fourth-order valence-corrected chi connectivity index (χ4v) is 3.03. The Bertz CT molecular complexity index is 1020. The average molecular weight is 378 g/mol. The predicted molar refractivity (Wildman–Crippen MR) is 111 cm³/mol. The number of aryl methyl sites for hydroxylation is 2. The van der Waals surface area contributed by atoms with Gasteiger partial charge in [0.05, 0.1) is 5.52 Å². The summed E-state index contributed by atoms with van der Waals surface area (Å²) in [6.45, 7) is 6.76. The van der Waals surface area contributed by atoms with Crippen molar-refractivity contribution in [3.05, 3.63) is 65.2 Å². The summed E-state index contributed by atoms with van der Waals surface area (Å²) in [5, 5.41) is 2.89. The molecule has 0 aliphatic carbocycles. The van der Waals surface area contributed by atoms with E-state index in [1.807, 2.05) is 44.2 Å². The van der Waals surface area contributed by atoms with Crippen molar-refractivity contribution in [2.24, 2.45) is 0 Å². The number of fused-ring (bicyclic) bond motifs is 1. The molecule has 0 saturated carbocycles. The minimum atomic E-state index is -0.331. The number of pyridine rings is 1. The van der Waals surface area contributed by atoms with E-state index in [4.69, 9.17) is 0 Å². The van der Waals surface area contributed by atoms with Crippen LogP contribution < -0.4 is 5.32 Å². The van der Waals surface area contributed by atoms with Gasteiger partial charge in [-0.3, -0.25) is 14.0 Å². The Hall–Kier alpha value is -3.15. The number of amides is 2. The summed E-state index contributed by atoms with van der Waals surface area (Å²) < 4.78 is 1.68. The minimum absolute atomic E-state index is 0.195. The SMILES string of the molecule is CCCCN(C)C(=O)c1nc(C(=O)Nc2ccc(C)c(C)c2)c2ccccn12. The van der Waals surface area contributed by atoms with Gasteiger partial charge in [-0.05, 0) is 55.7 Å². The Labute approximate surface area is 165 Å². The summed E-state index contributed by atoms with van der Waals surface area (Å²) in [5.74, 6) is -0.276. The Kier molecular flexibility index (Phi) is 5.78. The maximum Gasteiger partial charge on any atom is 0.289 e. The van der Waals surface area contributed by atoms with E-state index in [9.17, 15) is 9.59 Å². The van der Waals surface area contributed by atoms with Crippen LogP contribution in [0.25, 0.3) is 5.52 Å². The molecule has 2 heterocycles. The van der Waals surface area contributed by atoms with Gasteiger partial charge in [-0.25, -0.2) is 4.98 Å². The molecule has 2 amide bonds. The summed E-state index contributed by atoms with van der Waals surface area (Å²) in [5.41, 5.74) is 3.81.